The van der Waals surface area contributed by atoms with E-state index in [4.69, 9.17) is 9.84 Å². The Morgan fingerprint density at radius 2 is 1.54 bits per heavy atom. The van der Waals surface area contributed by atoms with Gasteiger partial charge in [0.25, 0.3) is 0 Å². The summed E-state index contributed by atoms with van der Waals surface area (Å²) in [5.41, 5.74) is 3.92. The van der Waals surface area contributed by atoms with E-state index in [9.17, 15) is 27.6 Å². The van der Waals surface area contributed by atoms with Crippen LogP contribution in [0.5, 0.6) is 0 Å². The number of carboxylic acid groups (broad SMARTS) is 1. The van der Waals surface area contributed by atoms with Crippen molar-refractivity contribution in [3.63, 3.8) is 0 Å². The summed E-state index contributed by atoms with van der Waals surface area (Å²) in [6.45, 7) is 2.05. The fourth-order valence-electron chi connectivity index (χ4n) is 4.12. The first kappa shape index (κ1) is 26.1. The fourth-order valence-corrected chi connectivity index (χ4v) is 4.12. The third-order valence-corrected chi connectivity index (χ3v) is 6.03. The highest BCUT2D eigenvalue weighted by Crippen LogP contribution is 2.44. The van der Waals surface area contributed by atoms with E-state index in [-0.39, 0.29) is 12.5 Å². The molecule has 2 amide bonds. The Balaban J connectivity index is 1.62. The predicted molar refractivity (Wildman–Crippen MR) is 122 cm³/mol. The smallest absolute Gasteiger partial charge is 0.407 e. The van der Waals surface area contributed by atoms with E-state index in [1.165, 1.54) is 0 Å². The first-order valence-corrected chi connectivity index (χ1v) is 11.2. The van der Waals surface area contributed by atoms with Gasteiger partial charge in [0.15, 0.2) is 5.92 Å². The number of alkyl halides is 3. The minimum absolute atomic E-state index is 0.0865. The number of rotatable bonds is 9. The van der Waals surface area contributed by atoms with Gasteiger partial charge in [-0.1, -0.05) is 62.4 Å². The van der Waals surface area contributed by atoms with Gasteiger partial charge in [-0.05, 0) is 28.2 Å². The molecule has 0 heterocycles. The summed E-state index contributed by atoms with van der Waals surface area (Å²) in [6.07, 6.45) is -6.56. The number of carbonyl (C=O) groups excluding carboxylic acids is 2. The molecule has 0 saturated heterocycles. The molecule has 2 aromatic carbocycles. The van der Waals surface area contributed by atoms with Gasteiger partial charge >= 0.3 is 18.2 Å². The topological polar surface area (TPSA) is 105 Å². The highest BCUT2D eigenvalue weighted by molar-refractivity contribution is 5.82. The minimum Gasteiger partial charge on any atom is -0.481 e. The standard InChI is InChI=1S/C25H27F3N2O5/c1-14(2)21(11-22(31)32)30-23(33)20(25(26,27)28)12-29-24(34)35-13-19-17-9-5-3-7-15(17)16-8-4-6-10-18(16)19/h3-10,14,19-21H,11-13H2,1-2H3,(H,29,34)(H,30,33)(H,31,32)/t20?,21-/m0/s1. The summed E-state index contributed by atoms with van der Waals surface area (Å²) in [4.78, 5) is 35.5. The van der Waals surface area contributed by atoms with Gasteiger partial charge in [0.2, 0.25) is 5.91 Å². The van der Waals surface area contributed by atoms with Gasteiger partial charge in [0, 0.05) is 18.5 Å². The molecule has 1 aliphatic carbocycles. The van der Waals surface area contributed by atoms with Gasteiger partial charge in [0.05, 0.1) is 6.42 Å². The van der Waals surface area contributed by atoms with Crippen molar-refractivity contribution in [2.75, 3.05) is 13.2 Å². The van der Waals surface area contributed by atoms with Crippen LogP contribution < -0.4 is 10.6 Å². The molecule has 1 unspecified atom stereocenters. The van der Waals surface area contributed by atoms with Crippen LogP contribution in [0.2, 0.25) is 0 Å². The Labute approximate surface area is 200 Å². The van der Waals surface area contributed by atoms with Crippen molar-refractivity contribution in [3.8, 4) is 11.1 Å². The summed E-state index contributed by atoms with van der Waals surface area (Å²) < 4.78 is 45.8. The van der Waals surface area contributed by atoms with Crippen LogP contribution in [0, 0.1) is 11.8 Å². The van der Waals surface area contributed by atoms with Crippen LogP contribution >= 0.6 is 0 Å². The molecule has 0 aromatic heterocycles. The molecular formula is C25H27F3N2O5. The molecule has 0 aliphatic heterocycles. The van der Waals surface area contributed by atoms with Crippen LogP contribution in [0.15, 0.2) is 48.5 Å². The van der Waals surface area contributed by atoms with Crippen molar-refractivity contribution in [2.24, 2.45) is 11.8 Å². The fraction of sp³-hybridized carbons (Fsp3) is 0.400. The lowest BCUT2D eigenvalue weighted by atomic mass is 9.98. The maximum atomic E-state index is 13.5. The molecule has 3 rings (SSSR count). The molecule has 0 bridgehead atoms. The monoisotopic (exact) mass is 492 g/mol. The molecule has 35 heavy (non-hydrogen) atoms. The zero-order chi connectivity index (χ0) is 25.8. The third-order valence-electron chi connectivity index (χ3n) is 6.03. The van der Waals surface area contributed by atoms with Crippen molar-refractivity contribution in [1.29, 1.82) is 0 Å². The molecule has 1 aliphatic rings. The van der Waals surface area contributed by atoms with Gasteiger partial charge in [0.1, 0.15) is 6.61 Å². The summed E-state index contributed by atoms with van der Waals surface area (Å²) in [5.74, 6) is -5.88. The number of fused-ring (bicyclic) bond motifs is 3. The maximum absolute atomic E-state index is 13.5. The number of carboxylic acids is 1. The quantitative estimate of drug-likeness (QED) is 0.484. The predicted octanol–water partition coefficient (Wildman–Crippen LogP) is 4.32. The van der Waals surface area contributed by atoms with E-state index in [0.717, 1.165) is 22.3 Å². The Morgan fingerprint density at radius 1 is 1.00 bits per heavy atom. The van der Waals surface area contributed by atoms with Gasteiger partial charge in [-0.2, -0.15) is 13.2 Å². The van der Waals surface area contributed by atoms with E-state index in [1.54, 1.807) is 13.8 Å². The lowest BCUT2D eigenvalue weighted by Gasteiger charge is -2.25. The van der Waals surface area contributed by atoms with Crippen LogP contribution in [0.4, 0.5) is 18.0 Å². The lowest BCUT2D eigenvalue weighted by Crippen LogP contribution is -2.50. The number of carbonyl (C=O) groups is 3. The number of aliphatic carboxylic acids is 1. The largest absolute Gasteiger partial charge is 0.481 e. The van der Waals surface area contributed by atoms with Gasteiger partial charge in [-0.15, -0.1) is 0 Å². The Bertz CT molecular complexity index is 1040. The first-order valence-electron chi connectivity index (χ1n) is 11.2. The molecule has 0 saturated carbocycles. The van der Waals surface area contributed by atoms with Gasteiger partial charge < -0.3 is 20.5 Å². The molecule has 0 fully saturated rings. The number of amides is 2. The Hall–Kier alpha value is -3.56. The minimum atomic E-state index is -4.95. The van der Waals surface area contributed by atoms with E-state index in [0.29, 0.717) is 0 Å². The van der Waals surface area contributed by atoms with Crippen LogP contribution in [0.3, 0.4) is 0 Å². The molecule has 2 atom stereocenters. The number of halogens is 3. The number of alkyl carbamates (subject to hydrolysis) is 1. The normalized spacial score (nSPS) is 14.6. The SMILES string of the molecule is CC(C)[C@H](CC(=O)O)NC(=O)C(CNC(=O)OCC1c2ccccc2-c2ccccc21)C(F)(F)F. The summed E-state index contributed by atoms with van der Waals surface area (Å²) in [5, 5.41) is 13.1. The van der Waals surface area contributed by atoms with Crippen molar-refractivity contribution >= 4 is 18.0 Å². The van der Waals surface area contributed by atoms with Crippen molar-refractivity contribution in [3.05, 3.63) is 59.7 Å². The van der Waals surface area contributed by atoms with Crippen molar-refractivity contribution in [2.45, 2.75) is 38.4 Å². The summed E-state index contributed by atoms with van der Waals surface area (Å²) in [6, 6.07) is 14.3. The summed E-state index contributed by atoms with van der Waals surface area (Å²) >= 11 is 0. The lowest BCUT2D eigenvalue weighted by molar-refractivity contribution is -0.181. The third kappa shape index (κ3) is 6.32. The maximum Gasteiger partial charge on any atom is 0.407 e. The van der Waals surface area contributed by atoms with Crippen LogP contribution in [0.25, 0.3) is 11.1 Å². The highest BCUT2D eigenvalue weighted by Gasteiger charge is 2.45. The number of nitrogens with one attached hydrogen (secondary N) is 2. The van der Waals surface area contributed by atoms with Crippen LogP contribution in [0.1, 0.15) is 37.3 Å². The molecule has 7 nitrogen and oxygen atoms in total. The second-order valence-corrected chi connectivity index (χ2v) is 8.76. The van der Waals surface area contributed by atoms with E-state index < -0.39 is 55.0 Å². The van der Waals surface area contributed by atoms with Crippen molar-refractivity contribution in [1.82, 2.24) is 10.6 Å². The van der Waals surface area contributed by atoms with Crippen LogP contribution in [-0.4, -0.2) is 48.4 Å². The van der Waals surface area contributed by atoms with E-state index in [2.05, 4.69) is 5.32 Å². The van der Waals surface area contributed by atoms with E-state index in [1.807, 2.05) is 53.8 Å². The molecule has 0 radical (unpaired) electrons. The van der Waals surface area contributed by atoms with Gasteiger partial charge in [-0.25, -0.2) is 4.79 Å². The highest BCUT2D eigenvalue weighted by atomic mass is 19.4. The van der Waals surface area contributed by atoms with Gasteiger partial charge in [-0.3, -0.25) is 9.59 Å². The second-order valence-electron chi connectivity index (χ2n) is 8.76. The first-order chi connectivity index (χ1) is 16.5. The number of ether oxygens (including phenoxy) is 1. The average molecular weight is 492 g/mol. The second kappa shape index (κ2) is 10.8. The molecular weight excluding hydrogens is 465 g/mol. The molecule has 188 valence electrons. The zero-order valence-corrected chi connectivity index (χ0v) is 19.3. The molecule has 3 N–H and O–H groups in total. The Morgan fingerprint density at radius 3 is 2.03 bits per heavy atom. The van der Waals surface area contributed by atoms with Crippen molar-refractivity contribution < 1.29 is 37.4 Å². The molecule has 0 spiro atoms. The summed E-state index contributed by atoms with van der Waals surface area (Å²) in [7, 11) is 0. The Kier molecular flexibility index (Phi) is 8.03. The number of hydrogen-bond donors (Lipinski definition) is 3. The zero-order valence-electron chi connectivity index (χ0n) is 19.3. The molecule has 10 heteroatoms. The van der Waals surface area contributed by atoms with Crippen LogP contribution in [-0.2, 0) is 14.3 Å². The average Bonchev–Trinajstić information content (AvgIpc) is 3.10. The molecule has 2 aromatic rings. The number of benzene rings is 2. The van der Waals surface area contributed by atoms with E-state index >= 15 is 0 Å². The number of hydrogen-bond acceptors (Lipinski definition) is 4.